The van der Waals surface area contributed by atoms with Crippen molar-refractivity contribution in [1.29, 1.82) is 0 Å². The van der Waals surface area contributed by atoms with Crippen molar-refractivity contribution in [3.05, 3.63) is 70.3 Å². The van der Waals surface area contributed by atoms with Crippen LogP contribution in [0.3, 0.4) is 0 Å². The zero-order valence-electron chi connectivity index (χ0n) is 13.9. The third-order valence-corrected chi connectivity index (χ3v) is 3.94. The maximum absolute atomic E-state index is 6.39. The SMILES string of the molecule is Cc1cc(C)cc(CC(N)c2ccc(C(C)(C)C)cc2)c1. The predicted octanol–water partition coefficient (Wildman–Crippen LogP) is 4.84. The highest BCUT2D eigenvalue weighted by Crippen LogP contribution is 2.24. The van der Waals surface area contributed by atoms with E-state index in [1.165, 1.54) is 27.8 Å². The summed E-state index contributed by atoms with van der Waals surface area (Å²) in [5, 5.41) is 0. The fourth-order valence-corrected chi connectivity index (χ4v) is 2.79. The lowest BCUT2D eigenvalue weighted by Crippen LogP contribution is -2.15. The Morgan fingerprint density at radius 3 is 1.90 bits per heavy atom. The minimum atomic E-state index is 0.0558. The van der Waals surface area contributed by atoms with E-state index in [0.717, 1.165) is 6.42 Å². The van der Waals surface area contributed by atoms with E-state index in [9.17, 15) is 0 Å². The van der Waals surface area contributed by atoms with Gasteiger partial charge in [0.2, 0.25) is 0 Å². The molecule has 1 unspecified atom stereocenters. The topological polar surface area (TPSA) is 26.0 Å². The number of hydrogen-bond acceptors (Lipinski definition) is 1. The van der Waals surface area contributed by atoms with Gasteiger partial charge in [-0.3, -0.25) is 0 Å². The Labute approximate surface area is 129 Å². The first kappa shape index (κ1) is 15.8. The molecule has 0 aromatic heterocycles. The Morgan fingerprint density at radius 2 is 1.43 bits per heavy atom. The van der Waals surface area contributed by atoms with Crippen molar-refractivity contribution >= 4 is 0 Å². The van der Waals surface area contributed by atoms with Gasteiger partial charge in [0, 0.05) is 6.04 Å². The second kappa shape index (κ2) is 6.03. The van der Waals surface area contributed by atoms with E-state index in [1.807, 2.05) is 0 Å². The fraction of sp³-hybridized carbons (Fsp3) is 0.400. The molecular formula is C20H27N. The van der Waals surface area contributed by atoms with Crippen LogP contribution in [0.1, 0.15) is 54.6 Å². The van der Waals surface area contributed by atoms with Gasteiger partial charge in [-0.15, -0.1) is 0 Å². The normalized spacial score (nSPS) is 13.2. The van der Waals surface area contributed by atoms with Gasteiger partial charge >= 0.3 is 0 Å². The van der Waals surface area contributed by atoms with Crippen LogP contribution in [0.5, 0.6) is 0 Å². The molecule has 0 spiro atoms. The van der Waals surface area contributed by atoms with Crippen molar-refractivity contribution in [2.45, 2.75) is 52.5 Å². The average molecular weight is 281 g/mol. The van der Waals surface area contributed by atoms with Crippen molar-refractivity contribution in [3.63, 3.8) is 0 Å². The number of benzene rings is 2. The molecule has 1 heteroatoms. The summed E-state index contributed by atoms with van der Waals surface area (Å²) in [5.41, 5.74) is 13.1. The first-order valence-electron chi connectivity index (χ1n) is 7.69. The van der Waals surface area contributed by atoms with E-state index in [-0.39, 0.29) is 11.5 Å². The number of aryl methyl sites for hydroxylation is 2. The van der Waals surface area contributed by atoms with Gasteiger partial charge < -0.3 is 5.73 Å². The van der Waals surface area contributed by atoms with Crippen LogP contribution < -0.4 is 5.73 Å². The Hall–Kier alpha value is -1.60. The molecule has 0 amide bonds. The van der Waals surface area contributed by atoms with Crippen molar-refractivity contribution in [3.8, 4) is 0 Å². The Balaban J connectivity index is 2.15. The van der Waals surface area contributed by atoms with Crippen molar-refractivity contribution in [2.75, 3.05) is 0 Å². The lowest BCUT2D eigenvalue weighted by atomic mass is 9.86. The van der Waals surface area contributed by atoms with Crippen LogP contribution in [0.2, 0.25) is 0 Å². The van der Waals surface area contributed by atoms with E-state index in [4.69, 9.17) is 5.73 Å². The summed E-state index contributed by atoms with van der Waals surface area (Å²) in [6.45, 7) is 11.0. The minimum Gasteiger partial charge on any atom is -0.324 e. The van der Waals surface area contributed by atoms with Crippen LogP contribution in [0.25, 0.3) is 0 Å². The maximum Gasteiger partial charge on any atom is 0.0335 e. The first-order chi connectivity index (χ1) is 9.75. The second-order valence-corrected chi connectivity index (χ2v) is 7.18. The summed E-state index contributed by atoms with van der Waals surface area (Å²) in [5.74, 6) is 0. The molecule has 21 heavy (non-hydrogen) atoms. The van der Waals surface area contributed by atoms with Crippen molar-refractivity contribution in [1.82, 2.24) is 0 Å². The quantitative estimate of drug-likeness (QED) is 0.855. The highest BCUT2D eigenvalue weighted by Gasteiger charge is 2.14. The van der Waals surface area contributed by atoms with Crippen molar-refractivity contribution in [2.24, 2.45) is 5.73 Å². The standard InChI is InChI=1S/C20H27N/c1-14-10-15(2)12-16(11-14)13-19(21)17-6-8-18(9-7-17)20(3,4)5/h6-12,19H,13,21H2,1-5H3. The van der Waals surface area contributed by atoms with Crippen LogP contribution in [0.4, 0.5) is 0 Å². The van der Waals surface area contributed by atoms with E-state index in [1.54, 1.807) is 0 Å². The zero-order valence-corrected chi connectivity index (χ0v) is 13.9. The van der Waals surface area contributed by atoms with Gasteiger partial charge in [0.15, 0.2) is 0 Å². The lowest BCUT2D eigenvalue weighted by Gasteiger charge is -2.20. The molecule has 0 aliphatic rings. The molecule has 2 aromatic carbocycles. The van der Waals surface area contributed by atoms with Crippen molar-refractivity contribution < 1.29 is 0 Å². The van der Waals surface area contributed by atoms with Crippen LogP contribution in [0.15, 0.2) is 42.5 Å². The van der Waals surface area contributed by atoms with Gasteiger partial charge in [-0.1, -0.05) is 74.4 Å². The molecule has 1 nitrogen and oxygen atoms in total. The Bertz CT molecular complexity index is 582. The van der Waals surface area contributed by atoms with Crippen LogP contribution in [-0.4, -0.2) is 0 Å². The van der Waals surface area contributed by atoms with E-state index in [2.05, 4.69) is 77.1 Å². The van der Waals surface area contributed by atoms with Gasteiger partial charge in [0.05, 0.1) is 0 Å². The Morgan fingerprint density at radius 1 is 0.905 bits per heavy atom. The second-order valence-electron chi connectivity index (χ2n) is 7.18. The van der Waals surface area contributed by atoms with Gasteiger partial charge in [-0.25, -0.2) is 0 Å². The summed E-state index contributed by atoms with van der Waals surface area (Å²) in [6, 6.07) is 15.5. The van der Waals surface area contributed by atoms with Crippen LogP contribution in [-0.2, 0) is 11.8 Å². The summed E-state index contributed by atoms with van der Waals surface area (Å²) in [4.78, 5) is 0. The summed E-state index contributed by atoms with van der Waals surface area (Å²) in [6.07, 6.45) is 0.886. The lowest BCUT2D eigenvalue weighted by molar-refractivity contribution is 0.589. The van der Waals surface area contributed by atoms with Gasteiger partial charge in [0.25, 0.3) is 0 Å². The number of hydrogen-bond donors (Lipinski definition) is 1. The molecule has 0 aliphatic carbocycles. The van der Waals surface area contributed by atoms with Gasteiger partial charge in [-0.05, 0) is 42.4 Å². The highest BCUT2D eigenvalue weighted by molar-refractivity contribution is 5.32. The van der Waals surface area contributed by atoms with Gasteiger partial charge in [0.1, 0.15) is 0 Å². The van der Waals surface area contributed by atoms with E-state index >= 15 is 0 Å². The number of rotatable bonds is 3. The zero-order chi connectivity index (χ0) is 15.6. The number of nitrogens with two attached hydrogens (primary N) is 1. The molecule has 2 aromatic rings. The molecule has 1 atom stereocenters. The molecule has 0 radical (unpaired) electrons. The average Bonchev–Trinajstić information content (AvgIpc) is 2.36. The maximum atomic E-state index is 6.39. The predicted molar refractivity (Wildman–Crippen MR) is 91.7 cm³/mol. The van der Waals surface area contributed by atoms with Crippen LogP contribution >= 0.6 is 0 Å². The molecule has 2 rings (SSSR count). The van der Waals surface area contributed by atoms with E-state index < -0.39 is 0 Å². The monoisotopic (exact) mass is 281 g/mol. The first-order valence-corrected chi connectivity index (χ1v) is 7.69. The smallest absolute Gasteiger partial charge is 0.0335 e. The molecule has 0 saturated carbocycles. The highest BCUT2D eigenvalue weighted by atomic mass is 14.6. The molecule has 2 N–H and O–H groups in total. The van der Waals surface area contributed by atoms with E-state index in [0.29, 0.717) is 0 Å². The molecule has 112 valence electrons. The summed E-state index contributed by atoms with van der Waals surface area (Å²) < 4.78 is 0. The molecule has 0 saturated heterocycles. The Kier molecular flexibility index (Phi) is 4.53. The molecule has 0 bridgehead atoms. The molecule has 0 fully saturated rings. The molecular weight excluding hydrogens is 254 g/mol. The van der Waals surface area contributed by atoms with Crippen LogP contribution in [0, 0.1) is 13.8 Å². The fourth-order valence-electron chi connectivity index (χ4n) is 2.79. The third kappa shape index (κ3) is 4.18. The summed E-state index contributed by atoms with van der Waals surface area (Å²) in [7, 11) is 0. The molecule has 0 heterocycles. The minimum absolute atomic E-state index is 0.0558. The molecule has 0 aliphatic heterocycles. The summed E-state index contributed by atoms with van der Waals surface area (Å²) >= 11 is 0. The van der Waals surface area contributed by atoms with Gasteiger partial charge in [-0.2, -0.15) is 0 Å². The largest absolute Gasteiger partial charge is 0.324 e. The third-order valence-electron chi connectivity index (χ3n) is 3.94.